The van der Waals surface area contributed by atoms with Gasteiger partial charge in [-0.15, -0.1) is 0 Å². The van der Waals surface area contributed by atoms with Gasteiger partial charge in [0.1, 0.15) is 17.4 Å². The number of hydrogen-bond acceptors (Lipinski definition) is 4. The second-order valence-corrected chi connectivity index (χ2v) is 7.13. The summed E-state index contributed by atoms with van der Waals surface area (Å²) in [6, 6.07) is 6.08. The highest BCUT2D eigenvalue weighted by molar-refractivity contribution is 7.89. The van der Waals surface area contributed by atoms with Crippen LogP contribution in [0.5, 0.6) is 5.75 Å². The van der Waals surface area contributed by atoms with E-state index in [0.717, 1.165) is 36.6 Å². The standard InChI is InChI=1S/C15H13F2NO4S/c1-23(21,22)8-9-6-10(16)2-4-13(9)18-15(20)12-7-11(17)3-5-14(12)19/h2-7,19H,8H2,1H3,(H,18,20). The zero-order chi connectivity index (χ0) is 17.2. The molecule has 1 amide bonds. The van der Waals surface area contributed by atoms with Crippen molar-refractivity contribution >= 4 is 21.4 Å². The smallest absolute Gasteiger partial charge is 0.259 e. The number of phenols is 1. The minimum absolute atomic E-state index is 0.0525. The molecule has 5 nitrogen and oxygen atoms in total. The third-order valence-electron chi connectivity index (χ3n) is 2.94. The maximum Gasteiger partial charge on any atom is 0.259 e. The number of carbonyl (C=O) groups is 1. The van der Waals surface area contributed by atoms with Gasteiger partial charge < -0.3 is 10.4 Å². The van der Waals surface area contributed by atoms with Crippen molar-refractivity contribution in [1.29, 1.82) is 0 Å². The number of hydrogen-bond donors (Lipinski definition) is 2. The molecule has 23 heavy (non-hydrogen) atoms. The molecule has 0 aromatic heterocycles. The molecule has 2 N–H and O–H groups in total. The molecular weight excluding hydrogens is 328 g/mol. The zero-order valence-electron chi connectivity index (χ0n) is 12.0. The largest absolute Gasteiger partial charge is 0.507 e. The number of anilines is 1. The summed E-state index contributed by atoms with van der Waals surface area (Å²) in [7, 11) is -3.46. The van der Waals surface area contributed by atoms with Gasteiger partial charge >= 0.3 is 0 Å². The van der Waals surface area contributed by atoms with Gasteiger partial charge in [0, 0.05) is 11.9 Å². The molecule has 0 atom stereocenters. The minimum atomic E-state index is -3.46. The molecule has 2 aromatic carbocycles. The van der Waals surface area contributed by atoms with Crippen LogP contribution in [0.4, 0.5) is 14.5 Å². The van der Waals surface area contributed by atoms with Gasteiger partial charge in [-0.05, 0) is 42.0 Å². The molecule has 0 spiro atoms. The number of carbonyl (C=O) groups excluding carboxylic acids is 1. The number of halogens is 2. The summed E-state index contributed by atoms with van der Waals surface area (Å²) >= 11 is 0. The topological polar surface area (TPSA) is 83.5 Å². The molecule has 2 aromatic rings. The summed E-state index contributed by atoms with van der Waals surface area (Å²) in [6.45, 7) is 0. The molecule has 2 rings (SSSR count). The Hall–Kier alpha value is -2.48. The molecule has 0 fully saturated rings. The number of benzene rings is 2. The molecule has 0 unspecified atom stereocenters. The lowest BCUT2D eigenvalue weighted by Gasteiger charge is -2.11. The van der Waals surface area contributed by atoms with Crippen LogP contribution < -0.4 is 5.32 Å². The molecule has 0 heterocycles. The predicted octanol–water partition coefficient (Wildman–Crippen LogP) is 2.47. The van der Waals surface area contributed by atoms with Crippen LogP contribution in [0.2, 0.25) is 0 Å². The highest BCUT2D eigenvalue weighted by Crippen LogP contribution is 2.23. The Balaban J connectivity index is 2.36. The number of aromatic hydroxyl groups is 1. The van der Waals surface area contributed by atoms with Crippen LogP contribution >= 0.6 is 0 Å². The average Bonchev–Trinajstić information content (AvgIpc) is 2.42. The fraction of sp³-hybridized carbons (Fsp3) is 0.133. The molecule has 0 aliphatic carbocycles. The van der Waals surface area contributed by atoms with E-state index in [1.807, 2.05) is 0 Å². The lowest BCUT2D eigenvalue weighted by atomic mass is 10.1. The first-order valence-electron chi connectivity index (χ1n) is 6.42. The van der Waals surface area contributed by atoms with E-state index in [1.165, 1.54) is 6.07 Å². The molecule has 0 aliphatic heterocycles. The average molecular weight is 341 g/mol. The van der Waals surface area contributed by atoms with E-state index < -0.39 is 38.9 Å². The maximum atomic E-state index is 13.3. The van der Waals surface area contributed by atoms with E-state index in [9.17, 15) is 27.1 Å². The number of nitrogens with one attached hydrogen (secondary N) is 1. The molecule has 0 saturated heterocycles. The van der Waals surface area contributed by atoms with Crippen molar-refractivity contribution in [3.8, 4) is 5.75 Å². The van der Waals surface area contributed by atoms with Crippen LogP contribution in [0, 0.1) is 11.6 Å². The Morgan fingerprint density at radius 2 is 1.74 bits per heavy atom. The van der Waals surface area contributed by atoms with Crippen molar-refractivity contribution in [2.24, 2.45) is 0 Å². The van der Waals surface area contributed by atoms with Crippen LogP contribution in [0.25, 0.3) is 0 Å². The van der Waals surface area contributed by atoms with Crippen molar-refractivity contribution in [3.05, 3.63) is 59.2 Å². The molecule has 8 heteroatoms. The van der Waals surface area contributed by atoms with E-state index in [0.29, 0.717) is 0 Å². The Morgan fingerprint density at radius 3 is 2.39 bits per heavy atom. The monoisotopic (exact) mass is 341 g/mol. The zero-order valence-corrected chi connectivity index (χ0v) is 12.8. The van der Waals surface area contributed by atoms with E-state index in [1.54, 1.807) is 0 Å². The molecule has 0 saturated carbocycles. The third-order valence-corrected chi connectivity index (χ3v) is 3.77. The first kappa shape index (κ1) is 16.9. The van der Waals surface area contributed by atoms with Crippen molar-refractivity contribution in [1.82, 2.24) is 0 Å². The first-order chi connectivity index (χ1) is 10.7. The Bertz CT molecular complexity index is 866. The summed E-state index contributed by atoms with van der Waals surface area (Å²) in [4.78, 5) is 12.1. The number of sulfone groups is 1. The van der Waals surface area contributed by atoms with Crippen molar-refractivity contribution in [3.63, 3.8) is 0 Å². The van der Waals surface area contributed by atoms with Crippen LogP contribution in [0.1, 0.15) is 15.9 Å². The van der Waals surface area contributed by atoms with Gasteiger partial charge in [0.25, 0.3) is 5.91 Å². The minimum Gasteiger partial charge on any atom is -0.507 e. The SMILES string of the molecule is CS(=O)(=O)Cc1cc(F)ccc1NC(=O)c1cc(F)ccc1O. The highest BCUT2D eigenvalue weighted by Gasteiger charge is 2.16. The van der Waals surface area contributed by atoms with E-state index >= 15 is 0 Å². The van der Waals surface area contributed by atoms with Gasteiger partial charge in [0.2, 0.25) is 0 Å². The Kier molecular flexibility index (Phi) is 4.65. The summed E-state index contributed by atoms with van der Waals surface area (Å²) in [5.74, 6) is -3.13. The second kappa shape index (κ2) is 6.33. The van der Waals surface area contributed by atoms with Crippen molar-refractivity contribution in [2.45, 2.75) is 5.75 Å². The normalized spacial score (nSPS) is 11.3. The van der Waals surface area contributed by atoms with Gasteiger partial charge in [-0.1, -0.05) is 0 Å². The predicted molar refractivity (Wildman–Crippen MR) is 81.0 cm³/mol. The molecular formula is C15H13F2NO4S. The van der Waals surface area contributed by atoms with Gasteiger partial charge in [-0.2, -0.15) is 0 Å². The van der Waals surface area contributed by atoms with Gasteiger partial charge in [-0.3, -0.25) is 4.79 Å². The summed E-state index contributed by atoms with van der Waals surface area (Å²) < 4.78 is 49.3. The second-order valence-electron chi connectivity index (χ2n) is 4.99. The number of rotatable bonds is 4. The van der Waals surface area contributed by atoms with Gasteiger partial charge in [0.15, 0.2) is 9.84 Å². The van der Waals surface area contributed by atoms with E-state index in [-0.39, 0.29) is 16.8 Å². The van der Waals surface area contributed by atoms with Crippen LogP contribution in [0.15, 0.2) is 36.4 Å². The van der Waals surface area contributed by atoms with E-state index in [2.05, 4.69) is 5.32 Å². The fourth-order valence-electron chi connectivity index (χ4n) is 1.97. The third kappa shape index (κ3) is 4.49. The molecule has 0 bridgehead atoms. The fourth-order valence-corrected chi connectivity index (χ4v) is 2.77. The van der Waals surface area contributed by atoms with Crippen molar-refractivity contribution in [2.75, 3.05) is 11.6 Å². The summed E-state index contributed by atoms with van der Waals surface area (Å²) in [5, 5.41) is 11.9. The van der Waals surface area contributed by atoms with Crippen LogP contribution in [-0.2, 0) is 15.6 Å². The number of phenolic OH excluding ortho intramolecular Hbond substituents is 1. The summed E-state index contributed by atoms with van der Waals surface area (Å²) in [6.07, 6.45) is 0.974. The molecule has 0 aliphatic rings. The first-order valence-corrected chi connectivity index (χ1v) is 8.48. The van der Waals surface area contributed by atoms with Gasteiger partial charge in [-0.25, -0.2) is 17.2 Å². The van der Waals surface area contributed by atoms with Gasteiger partial charge in [0.05, 0.1) is 11.3 Å². The molecule has 0 radical (unpaired) electrons. The highest BCUT2D eigenvalue weighted by atomic mass is 32.2. The number of amides is 1. The Morgan fingerprint density at radius 1 is 1.13 bits per heavy atom. The van der Waals surface area contributed by atoms with Crippen molar-refractivity contribution < 1.29 is 27.1 Å². The lowest BCUT2D eigenvalue weighted by molar-refractivity contribution is 0.102. The van der Waals surface area contributed by atoms with Crippen LogP contribution in [-0.4, -0.2) is 25.7 Å². The van der Waals surface area contributed by atoms with E-state index in [4.69, 9.17) is 0 Å². The maximum absolute atomic E-state index is 13.3. The summed E-state index contributed by atoms with van der Waals surface area (Å²) in [5.41, 5.74) is -0.207. The quantitative estimate of drug-likeness (QED) is 0.895. The Labute approximate surface area is 131 Å². The van der Waals surface area contributed by atoms with Crippen LogP contribution in [0.3, 0.4) is 0 Å². The lowest BCUT2D eigenvalue weighted by Crippen LogP contribution is -2.15. The molecule has 122 valence electrons.